The van der Waals surface area contributed by atoms with Crippen molar-refractivity contribution in [3.63, 3.8) is 0 Å². The molecule has 2 N–H and O–H groups in total. The zero-order valence-electron chi connectivity index (χ0n) is 12.7. The van der Waals surface area contributed by atoms with E-state index in [0.717, 1.165) is 39.1 Å². The molecule has 1 aliphatic rings. The highest BCUT2D eigenvalue weighted by atomic mass is 16.5. The molecule has 0 aromatic heterocycles. The molecule has 3 rings (SSSR count). The third-order valence-corrected chi connectivity index (χ3v) is 4.16. The first kappa shape index (κ1) is 14.5. The number of fused-ring (bicyclic) bond motifs is 1. The van der Waals surface area contributed by atoms with Gasteiger partial charge < -0.3 is 10.1 Å². The fourth-order valence-corrected chi connectivity index (χ4v) is 3.02. The summed E-state index contributed by atoms with van der Waals surface area (Å²) >= 11 is 0. The molecule has 1 heterocycles. The van der Waals surface area contributed by atoms with E-state index in [0.29, 0.717) is 0 Å². The molecule has 0 radical (unpaired) electrons. The first-order chi connectivity index (χ1) is 10.4. The summed E-state index contributed by atoms with van der Waals surface area (Å²) in [5.41, 5.74) is 0.831. The highest BCUT2D eigenvalue weighted by Gasteiger charge is 2.35. The summed E-state index contributed by atoms with van der Waals surface area (Å²) in [4.78, 5) is 0. The van der Waals surface area contributed by atoms with Gasteiger partial charge in [-0.3, -0.25) is 5.32 Å². The molecule has 1 unspecified atom stereocenters. The Bertz CT molecular complexity index is 585. The molecule has 21 heavy (non-hydrogen) atoms. The second kappa shape index (κ2) is 6.56. The molecular formula is C18H24N2O. The monoisotopic (exact) mass is 284 g/mol. The van der Waals surface area contributed by atoms with Crippen LogP contribution in [-0.2, 0) is 10.5 Å². The van der Waals surface area contributed by atoms with Gasteiger partial charge in [0.1, 0.15) is 0 Å². The number of unbranched alkanes of at least 4 members (excludes halogenated alkanes) is 1. The van der Waals surface area contributed by atoms with Crippen LogP contribution in [0.15, 0.2) is 42.5 Å². The SMILES string of the molecule is CCCCOC1(c2cccc3ccccc23)CNCCN1. The van der Waals surface area contributed by atoms with Crippen LogP contribution in [0.4, 0.5) is 0 Å². The van der Waals surface area contributed by atoms with Gasteiger partial charge in [-0.25, -0.2) is 0 Å². The highest BCUT2D eigenvalue weighted by Crippen LogP contribution is 2.30. The van der Waals surface area contributed by atoms with Crippen molar-refractivity contribution in [1.82, 2.24) is 10.6 Å². The average Bonchev–Trinajstić information content (AvgIpc) is 2.55. The molecule has 2 aromatic rings. The van der Waals surface area contributed by atoms with Gasteiger partial charge in [0, 0.05) is 31.8 Å². The first-order valence-corrected chi connectivity index (χ1v) is 7.94. The van der Waals surface area contributed by atoms with Crippen molar-refractivity contribution in [3.05, 3.63) is 48.0 Å². The molecule has 0 saturated carbocycles. The third-order valence-electron chi connectivity index (χ3n) is 4.16. The van der Waals surface area contributed by atoms with E-state index >= 15 is 0 Å². The van der Waals surface area contributed by atoms with Crippen molar-refractivity contribution in [2.24, 2.45) is 0 Å². The molecule has 2 aromatic carbocycles. The Morgan fingerprint density at radius 2 is 1.95 bits per heavy atom. The number of hydrogen-bond donors (Lipinski definition) is 2. The number of benzene rings is 2. The van der Waals surface area contributed by atoms with Crippen molar-refractivity contribution < 1.29 is 4.74 Å². The lowest BCUT2D eigenvalue weighted by Crippen LogP contribution is -2.58. The normalized spacial score (nSPS) is 22.5. The lowest BCUT2D eigenvalue weighted by molar-refractivity contribution is -0.0840. The summed E-state index contributed by atoms with van der Waals surface area (Å²) < 4.78 is 6.33. The first-order valence-electron chi connectivity index (χ1n) is 7.94. The predicted molar refractivity (Wildman–Crippen MR) is 87.4 cm³/mol. The van der Waals surface area contributed by atoms with E-state index in [2.05, 4.69) is 60.0 Å². The maximum Gasteiger partial charge on any atom is 0.158 e. The Morgan fingerprint density at radius 1 is 1.10 bits per heavy atom. The van der Waals surface area contributed by atoms with Gasteiger partial charge in [0.2, 0.25) is 0 Å². The lowest BCUT2D eigenvalue weighted by atomic mass is 9.94. The summed E-state index contributed by atoms with van der Waals surface area (Å²) in [5.74, 6) is 0. The minimum absolute atomic E-state index is 0.408. The Labute approximate surface area is 126 Å². The molecule has 112 valence electrons. The van der Waals surface area contributed by atoms with Gasteiger partial charge in [-0.1, -0.05) is 55.8 Å². The molecule has 3 heteroatoms. The van der Waals surface area contributed by atoms with Gasteiger partial charge in [0.05, 0.1) is 0 Å². The van der Waals surface area contributed by atoms with Crippen LogP contribution in [0.25, 0.3) is 10.8 Å². The van der Waals surface area contributed by atoms with Gasteiger partial charge in [-0.2, -0.15) is 0 Å². The highest BCUT2D eigenvalue weighted by molar-refractivity contribution is 5.86. The summed E-state index contributed by atoms with van der Waals surface area (Å²) in [6.45, 7) is 5.71. The van der Waals surface area contributed by atoms with E-state index in [1.54, 1.807) is 0 Å². The quantitative estimate of drug-likeness (QED) is 0.828. The second-order valence-electron chi connectivity index (χ2n) is 5.66. The molecule has 0 aliphatic carbocycles. The maximum absolute atomic E-state index is 6.33. The van der Waals surface area contributed by atoms with Crippen LogP contribution in [0, 0.1) is 0 Å². The number of rotatable bonds is 5. The fourth-order valence-electron chi connectivity index (χ4n) is 3.02. The zero-order valence-corrected chi connectivity index (χ0v) is 12.7. The smallest absolute Gasteiger partial charge is 0.158 e. The van der Waals surface area contributed by atoms with E-state index in [1.165, 1.54) is 16.3 Å². The molecule has 0 amide bonds. The van der Waals surface area contributed by atoms with E-state index in [-0.39, 0.29) is 0 Å². The number of hydrogen-bond acceptors (Lipinski definition) is 3. The maximum atomic E-state index is 6.33. The Balaban J connectivity index is 2.01. The van der Waals surface area contributed by atoms with E-state index in [4.69, 9.17) is 4.74 Å². The minimum Gasteiger partial charge on any atom is -0.355 e. The number of nitrogens with one attached hydrogen (secondary N) is 2. The molecule has 1 saturated heterocycles. The van der Waals surface area contributed by atoms with Crippen LogP contribution in [0.1, 0.15) is 25.3 Å². The lowest BCUT2D eigenvalue weighted by Gasteiger charge is -2.39. The average molecular weight is 284 g/mol. The van der Waals surface area contributed by atoms with Crippen molar-refractivity contribution in [2.45, 2.75) is 25.5 Å². The Kier molecular flexibility index (Phi) is 4.54. The van der Waals surface area contributed by atoms with Crippen molar-refractivity contribution in [2.75, 3.05) is 26.2 Å². The molecule has 1 fully saturated rings. The Hall–Kier alpha value is -1.42. The van der Waals surface area contributed by atoms with Gasteiger partial charge in [0.15, 0.2) is 5.72 Å². The van der Waals surface area contributed by atoms with Crippen LogP contribution in [0.2, 0.25) is 0 Å². The molecule has 0 spiro atoms. The number of ether oxygens (including phenoxy) is 1. The topological polar surface area (TPSA) is 33.3 Å². The van der Waals surface area contributed by atoms with Gasteiger partial charge in [-0.05, 0) is 17.2 Å². The van der Waals surface area contributed by atoms with Crippen molar-refractivity contribution >= 4 is 10.8 Å². The van der Waals surface area contributed by atoms with Gasteiger partial charge >= 0.3 is 0 Å². The summed E-state index contributed by atoms with van der Waals surface area (Å²) in [6, 6.07) is 15.0. The summed E-state index contributed by atoms with van der Waals surface area (Å²) in [5, 5.41) is 9.63. The third kappa shape index (κ3) is 2.95. The van der Waals surface area contributed by atoms with Crippen molar-refractivity contribution in [1.29, 1.82) is 0 Å². The van der Waals surface area contributed by atoms with Crippen LogP contribution >= 0.6 is 0 Å². The summed E-state index contributed by atoms with van der Waals surface area (Å²) in [6.07, 6.45) is 2.24. The van der Waals surface area contributed by atoms with Crippen LogP contribution in [0.3, 0.4) is 0 Å². The van der Waals surface area contributed by atoms with E-state index in [1.807, 2.05) is 0 Å². The molecule has 0 bridgehead atoms. The van der Waals surface area contributed by atoms with E-state index in [9.17, 15) is 0 Å². The molecule has 1 atom stereocenters. The minimum atomic E-state index is -0.408. The summed E-state index contributed by atoms with van der Waals surface area (Å²) in [7, 11) is 0. The predicted octanol–water partition coefficient (Wildman–Crippen LogP) is 3.00. The van der Waals surface area contributed by atoms with Crippen LogP contribution < -0.4 is 10.6 Å². The van der Waals surface area contributed by atoms with Crippen LogP contribution in [0.5, 0.6) is 0 Å². The number of piperazine rings is 1. The Morgan fingerprint density at radius 3 is 2.76 bits per heavy atom. The second-order valence-corrected chi connectivity index (χ2v) is 5.66. The van der Waals surface area contributed by atoms with Gasteiger partial charge in [-0.15, -0.1) is 0 Å². The largest absolute Gasteiger partial charge is 0.355 e. The zero-order chi connectivity index (χ0) is 14.5. The standard InChI is InChI=1S/C18H24N2O/c1-2-3-13-21-18(14-19-11-12-20-18)17-10-6-8-15-7-4-5-9-16(15)17/h4-10,19-20H,2-3,11-14H2,1H3. The fraction of sp³-hybridized carbons (Fsp3) is 0.444. The van der Waals surface area contributed by atoms with Gasteiger partial charge in [0.25, 0.3) is 0 Å². The molecule has 1 aliphatic heterocycles. The van der Waals surface area contributed by atoms with Crippen molar-refractivity contribution in [3.8, 4) is 0 Å². The van der Waals surface area contributed by atoms with E-state index < -0.39 is 5.72 Å². The molecule has 3 nitrogen and oxygen atoms in total. The molecular weight excluding hydrogens is 260 g/mol. The van der Waals surface area contributed by atoms with Crippen LogP contribution in [-0.4, -0.2) is 26.2 Å².